The van der Waals surface area contributed by atoms with E-state index in [2.05, 4.69) is 10.3 Å². The highest BCUT2D eigenvalue weighted by Crippen LogP contribution is 2.21. The Kier molecular flexibility index (Phi) is 5.81. The molecular weight excluding hydrogens is 324 g/mol. The minimum Gasteiger partial charge on any atom is -0.444 e. The zero-order chi connectivity index (χ0) is 18.6. The molecule has 0 bridgehead atoms. The predicted molar refractivity (Wildman–Crippen MR) is 94.4 cm³/mol. The van der Waals surface area contributed by atoms with Gasteiger partial charge in [0, 0.05) is 29.7 Å². The van der Waals surface area contributed by atoms with Gasteiger partial charge in [0.25, 0.3) is 0 Å². The molecule has 0 radical (unpaired) electrons. The van der Waals surface area contributed by atoms with E-state index in [9.17, 15) is 19.8 Å². The summed E-state index contributed by atoms with van der Waals surface area (Å²) in [5.74, 6) is 0. The van der Waals surface area contributed by atoms with Crippen molar-refractivity contribution >= 4 is 17.0 Å². The number of aromatic nitrogens is 1. The maximum atomic E-state index is 11.7. The minimum absolute atomic E-state index is 0.114. The van der Waals surface area contributed by atoms with Crippen molar-refractivity contribution in [3.05, 3.63) is 46.2 Å². The third-order valence-corrected chi connectivity index (χ3v) is 3.60. The molecular formula is C18H24N2O5. The Hall–Kier alpha value is -2.38. The number of ether oxygens (including phenoxy) is 1. The first-order valence-corrected chi connectivity index (χ1v) is 8.12. The van der Waals surface area contributed by atoms with Gasteiger partial charge in [-0.25, -0.2) is 4.79 Å². The molecule has 0 aliphatic carbocycles. The molecule has 2 aromatic rings. The zero-order valence-corrected chi connectivity index (χ0v) is 14.6. The van der Waals surface area contributed by atoms with Crippen molar-refractivity contribution in [2.24, 2.45) is 0 Å². The highest BCUT2D eigenvalue weighted by molar-refractivity contribution is 5.78. The van der Waals surface area contributed by atoms with Crippen LogP contribution in [0.5, 0.6) is 0 Å². The average molecular weight is 348 g/mol. The predicted octanol–water partition coefficient (Wildman–Crippen LogP) is 1.84. The first-order valence-electron chi connectivity index (χ1n) is 8.12. The second-order valence-corrected chi connectivity index (χ2v) is 6.88. The molecule has 0 saturated heterocycles. The number of amides is 1. The molecule has 0 aliphatic rings. The largest absolute Gasteiger partial charge is 0.444 e. The fourth-order valence-electron chi connectivity index (χ4n) is 2.39. The lowest BCUT2D eigenvalue weighted by Gasteiger charge is -2.21. The van der Waals surface area contributed by atoms with Gasteiger partial charge in [-0.1, -0.05) is 6.07 Å². The molecule has 0 aliphatic heterocycles. The van der Waals surface area contributed by atoms with Crippen molar-refractivity contribution in [1.82, 2.24) is 10.3 Å². The van der Waals surface area contributed by atoms with Gasteiger partial charge >= 0.3 is 6.09 Å². The summed E-state index contributed by atoms with van der Waals surface area (Å²) >= 11 is 0. The Labute approximate surface area is 145 Å². The number of aliphatic hydroxyl groups is 2. The van der Waals surface area contributed by atoms with E-state index >= 15 is 0 Å². The molecule has 1 aromatic carbocycles. The van der Waals surface area contributed by atoms with Crippen molar-refractivity contribution in [2.45, 2.75) is 45.0 Å². The van der Waals surface area contributed by atoms with E-state index in [-0.39, 0.29) is 18.4 Å². The first-order chi connectivity index (χ1) is 11.7. The zero-order valence-electron chi connectivity index (χ0n) is 14.6. The minimum atomic E-state index is -1.13. The summed E-state index contributed by atoms with van der Waals surface area (Å²) in [5, 5.41) is 23.5. The Morgan fingerprint density at radius 1 is 1.28 bits per heavy atom. The van der Waals surface area contributed by atoms with Gasteiger partial charge in [-0.05, 0) is 44.9 Å². The number of carbonyl (C=O) groups is 1. The monoisotopic (exact) mass is 348 g/mol. The molecule has 1 amide bonds. The van der Waals surface area contributed by atoms with Crippen LogP contribution in [0, 0.1) is 0 Å². The van der Waals surface area contributed by atoms with Crippen LogP contribution in [-0.4, -0.2) is 39.5 Å². The standard InChI is InChI=1S/C18H24N2O5/c1-18(2,3)25-17(24)20-9-7-15(22)16(23)11-4-5-12-13(10-11)19-8-6-14(12)21/h4-6,8,10,15-16,22-23H,7,9H2,1-3H3,(H,19,21)(H,20,24). The van der Waals surface area contributed by atoms with Crippen molar-refractivity contribution in [2.75, 3.05) is 6.54 Å². The van der Waals surface area contributed by atoms with E-state index in [1.807, 2.05) is 0 Å². The van der Waals surface area contributed by atoms with E-state index in [0.29, 0.717) is 16.5 Å². The number of nitrogens with one attached hydrogen (secondary N) is 2. The van der Waals surface area contributed by atoms with Gasteiger partial charge < -0.3 is 25.3 Å². The number of rotatable bonds is 5. The summed E-state index contributed by atoms with van der Waals surface area (Å²) in [4.78, 5) is 26.2. The molecule has 136 valence electrons. The Balaban J connectivity index is 1.95. The smallest absolute Gasteiger partial charge is 0.407 e. The van der Waals surface area contributed by atoms with Crippen molar-refractivity contribution in [1.29, 1.82) is 0 Å². The van der Waals surface area contributed by atoms with Crippen LogP contribution in [-0.2, 0) is 4.74 Å². The summed E-state index contributed by atoms with van der Waals surface area (Å²) < 4.78 is 5.10. The van der Waals surface area contributed by atoms with Crippen LogP contribution >= 0.6 is 0 Å². The van der Waals surface area contributed by atoms with Gasteiger partial charge in [-0.15, -0.1) is 0 Å². The van der Waals surface area contributed by atoms with E-state index in [1.165, 1.54) is 12.3 Å². The van der Waals surface area contributed by atoms with Crippen LogP contribution in [0.2, 0.25) is 0 Å². The van der Waals surface area contributed by atoms with Gasteiger partial charge in [0.05, 0.1) is 6.10 Å². The summed E-state index contributed by atoms with van der Waals surface area (Å²) in [6.07, 6.45) is -1.08. The van der Waals surface area contributed by atoms with Crippen LogP contribution in [0.3, 0.4) is 0 Å². The topological polar surface area (TPSA) is 112 Å². The van der Waals surface area contributed by atoms with Crippen molar-refractivity contribution < 1.29 is 19.7 Å². The van der Waals surface area contributed by atoms with Crippen LogP contribution in [0.15, 0.2) is 35.3 Å². The molecule has 25 heavy (non-hydrogen) atoms. The second kappa shape index (κ2) is 7.67. The fourth-order valence-corrected chi connectivity index (χ4v) is 2.39. The molecule has 2 rings (SSSR count). The maximum absolute atomic E-state index is 11.7. The Morgan fingerprint density at radius 3 is 2.68 bits per heavy atom. The summed E-state index contributed by atoms with van der Waals surface area (Å²) in [5.41, 5.74) is 0.365. The van der Waals surface area contributed by atoms with E-state index < -0.39 is 23.9 Å². The molecule has 0 spiro atoms. The average Bonchev–Trinajstić information content (AvgIpc) is 2.52. The molecule has 7 nitrogen and oxygen atoms in total. The molecule has 2 unspecified atom stereocenters. The van der Waals surface area contributed by atoms with Crippen molar-refractivity contribution in [3.63, 3.8) is 0 Å². The van der Waals surface area contributed by atoms with Gasteiger partial charge in [0.2, 0.25) is 0 Å². The van der Waals surface area contributed by atoms with Gasteiger partial charge in [0.1, 0.15) is 11.7 Å². The van der Waals surface area contributed by atoms with Gasteiger partial charge in [0.15, 0.2) is 5.43 Å². The number of pyridine rings is 1. The van der Waals surface area contributed by atoms with Gasteiger partial charge in [-0.3, -0.25) is 4.79 Å². The number of fused-ring (bicyclic) bond motifs is 1. The molecule has 0 saturated carbocycles. The molecule has 1 heterocycles. The lowest BCUT2D eigenvalue weighted by atomic mass is 10.0. The molecule has 0 fully saturated rings. The molecule has 2 atom stereocenters. The number of aromatic amines is 1. The molecule has 1 aromatic heterocycles. The highest BCUT2D eigenvalue weighted by Gasteiger charge is 2.20. The van der Waals surface area contributed by atoms with E-state index in [1.54, 1.807) is 39.0 Å². The Bertz CT molecular complexity index is 794. The second-order valence-electron chi connectivity index (χ2n) is 6.88. The van der Waals surface area contributed by atoms with Crippen LogP contribution in [0.1, 0.15) is 38.9 Å². The van der Waals surface area contributed by atoms with Crippen LogP contribution in [0.4, 0.5) is 4.79 Å². The third kappa shape index (κ3) is 5.30. The fraction of sp³-hybridized carbons (Fsp3) is 0.444. The summed E-state index contributed by atoms with van der Waals surface area (Å²) in [6, 6.07) is 6.27. The van der Waals surface area contributed by atoms with Crippen molar-refractivity contribution in [3.8, 4) is 0 Å². The van der Waals surface area contributed by atoms with E-state index in [0.717, 1.165) is 0 Å². The highest BCUT2D eigenvalue weighted by atomic mass is 16.6. The molecule has 4 N–H and O–H groups in total. The van der Waals surface area contributed by atoms with Crippen LogP contribution in [0.25, 0.3) is 10.9 Å². The summed E-state index contributed by atoms with van der Waals surface area (Å²) in [6.45, 7) is 5.44. The SMILES string of the molecule is CC(C)(C)OC(=O)NCCC(O)C(O)c1ccc2c(=O)cc[nH]c2c1. The summed E-state index contributed by atoms with van der Waals surface area (Å²) in [7, 11) is 0. The van der Waals surface area contributed by atoms with Crippen LogP contribution < -0.4 is 10.7 Å². The van der Waals surface area contributed by atoms with Gasteiger partial charge in [-0.2, -0.15) is 0 Å². The molecule has 7 heteroatoms. The number of H-pyrrole nitrogens is 1. The lowest BCUT2D eigenvalue weighted by molar-refractivity contribution is 0.0124. The normalized spacial score (nSPS) is 14.1. The lowest BCUT2D eigenvalue weighted by Crippen LogP contribution is -2.34. The first kappa shape index (κ1) is 19.0. The quantitative estimate of drug-likeness (QED) is 0.659. The number of hydrogen-bond acceptors (Lipinski definition) is 5. The maximum Gasteiger partial charge on any atom is 0.407 e. The number of hydrogen-bond donors (Lipinski definition) is 4. The number of aliphatic hydroxyl groups excluding tert-OH is 2. The number of alkyl carbamates (subject to hydrolysis) is 1. The number of benzene rings is 1. The third-order valence-electron chi connectivity index (χ3n) is 3.60. The number of carbonyl (C=O) groups excluding carboxylic acids is 1. The van der Waals surface area contributed by atoms with E-state index in [4.69, 9.17) is 4.74 Å². The Morgan fingerprint density at radius 2 is 2.00 bits per heavy atom.